The number of aryl methyl sites for hydroxylation is 1. The second-order valence-electron chi connectivity index (χ2n) is 3.90. The standard InChI is InChI=1S/C12H19N3S/c1-4-11(9-16-3)14-7-10-5-12(6-13)15(2)8-10/h5,8,11,14H,4,7,9H2,1-3H3. The lowest BCUT2D eigenvalue weighted by Gasteiger charge is -2.14. The summed E-state index contributed by atoms with van der Waals surface area (Å²) in [5.74, 6) is 1.13. The van der Waals surface area contributed by atoms with Crippen LogP contribution in [0.25, 0.3) is 0 Å². The zero-order valence-corrected chi connectivity index (χ0v) is 11.0. The number of nitrogens with zero attached hydrogens (tertiary/aromatic N) is 2. The highest BCUT2D eigenvalue weighted by molar-refractivity contribution is 7.98. The van der Waals surface area contributed by atoms with Crippen LogP contribution < -0.4 is 5.32 Å². The van der Waals surface area contributed by atoms with Gasteiger partial charge in [-0.25, -0.2) is 0 Å². The topological polar surface area (TPSA) is 40.8 Å². The summed E-state index contributed by atoms with van der Waals surface area (Å²) in [6.45, 7) is 3.04. The van der Waals surface area contributed by atoms with E-state index in [0.717, 1.165) is 24.4 Å². The molecule has 0 saturated heterocycles. The zero-order chi connectivity index (χ0) is 12.0. The molecule has 0 amide bonds. The molecule has 1 unspecified atom stereocenters. The van der Waals surface area contributed by atoms with Crippen molar-refractivity contribution >= 4 is 11.8 Å². The van der Waals surface area contributed by atoms with Gasteiger partial charge in [-0.15, -0.1) is 0 Å². The van der Waals surface area contributed by atoms with Gasteiger partial charge in [-0.05, 0) is 24.3 Å². The Bertz CT molecular complexity index is 365. The summed E-state index contributed by atoms with van der Waals surface area (Å²) in [6.07, 6.45) is 5.27. The van der Waals surface area contributed by atoms with Crippen molar-refractivity contribution in [3.8, 4) is 6.07 Å². The molecule has 0 aromatic carbocycles. The lowest BCUT2D eigenvalue weighted by atomic mass is 10.2. The summed E-state index contributed by atoms with van der Waals surface area (Å²) in [5, 5.41) is 12.4. The maximum atomic E-state index is 8.84. The van der Waals surface area contributed by atoms with E-state index < -0.39 is 0 Å². The van der Waals surface area contributed by atoms with Crippen molar-refractivity contribution in [1.82, 2.24) is 9.88 Å². The van der Waals surface area contributed by atoms with E-state index in [1.54, 1.807) is 0 Å². The molecule has 1 atom stereocenters. The Balaban J connectivity index is 2.50. The molecule has 1 rings (SSSR count). The van der Waals surface area contributed by atoms with Gasteiger partial charge in [0.05, 0.1) is 0 Å². The fourth-order valence-electron chi connectivity index (χ4n) is 1.63. The number of thioether (sulfide) groups is 1. The normalized spacial score (nSPS) is 12.4. The molecule has 1 aromatic rings. The van der Waals surface area contributed by atoms with E-state index in [9.17, 15) is 0 Å². The van der Waals surface area contributed by atoms with Gasteiger partial charge in [-0.3, -0.25) is 0 Å². The third kappa shape index (κ3) is 3.58. The van der Waals surface area contributed by atoms with Crippen LogP contribution in [-0.2, 0) is 13.6 Å². The average Bonchev–Trinajstić information content (AvgIpc) is 2.65. The smallest absolute Gasteiger partial charge is 0.120 e. The summed E-state index contributed by atoms with van der Waals surface area (Å²) in [5.41, 5.74) is 1.90. The van der Waals surface area contributed by atoms with E-state index in [-0.39, 0.29) is 0 Å². The predicted molar refractivity (Wildman–Crippen MR) is 69.4 cm³/mol. The Morgan fingerprint density at radius 1 is 1.62 bits per heavy atom. The van der Waals surface area contributed by atoms with Crippen molar-refractivity contribution in [1.29, 1.82) is 5.26 Å². The maximum absolute atomic E-state index is 8.84. The highest BCUT2D eigenvalue weighted by atomic mass is 32.2. The zero-order valence-electron chi connectivity index (χ0n) is 10.2. The molecule has 0 aliphatic rings. The first kappa shape index (κ1) is 13.1. The Kier molecular flexibility index (Phi) is 5.44. The van der Waals surface area contributed by atoms with Crippen LogP contribution in [-0.4, -0.2) is 22.6 Å². The third-order valence-electron chi connectivity index (χ3n) is 2.63. The number of hydrogen-bond donors (Lipinski definition) is 1. The van der Waals surface area contributed by atoms with E-state index in [1.807, 2.05) is 35.6 Å². The highest BCUT2D eigenvalue weighted by Gasteiger charge is 2.06. The molecule has 0 fully saturated rings. The number of rotatable bonds is 6. The van der Waals surface area contributed by atoms with Gasteiger partial charge >= 0.3 is 0 Å². The van der Waals surface area contributed by atoms with E-state index in [0.29, 0.717) is 6.04 Å². The minimum Gasteiger partial charge on any atom is -0.342 e. The fourth-order valence-corrected chi connectivity index (χ4v) is 2.38. The van der Waals surface area contributed by atoms with Gasteiger partial charge in [0.2, 0.25) is 0 Å². The van der Waals surface area contributed by atoms with E-state index in [1.165, 1.54) is 5.56 Å². The largest absolute Gasteiger partial charge is 0.342 e. The molecule has 0 saturated carbocycles. The van der Waals surface area contributed by atoms with Gasteiger partial charge in [0.1, 0.15) is 11.8 Å². The quantitative estimate of drug-likeness (QED) is 0.824. The number of hydrogen-bond acceptors (Lipinski definition) is 3. The Hall–Kier alpha value is -0.920. The van der Waals surface area contributed by atoms with Crippen molar-refractivity contribution < 1.29 is 0 Å². The summed E-state index contributed by atoms with van der Waals surface area (Å²) in [4.78, 5) is 0. The average molecular weight is 237 g/mol. The molecule has 3 nitrogen and oxygen atoms in total. The summed E-state index contributed by atoms with van der Waals surface area (Å²) < 4.78 is 1.87. The predicted octanol–water partition coefficient (Wildman–Crippen LogP) is 2.13. The third-order valence-corrected chi connectivity index (χ3v) is 3.37. The molecule has 0 aliphatic heterocycles. The first-order valence-electron chi connectivity index (χ1n) is 5.48. The van der Waals surface area contributed by atoms with Gasteiger partial charge < -0.3 is 9.88 Å². The number of nitriles is 1. The second-order valence-corrected chi connectivity index (χ2v) is 4.81. The van der Waals surface area contributed by atoms with Crippen molar-refractivity contribution in [2.45, 2.75) is 25.9 Å². The van der Waals surface area contributed by atoms with E-state index in [2.05, 4.69) is 24.6 Å². The SMILES string of the molecule is CCC(CSC)NCc1cc(C#N)n(C)c1. The van der Waals surface area contributed by atoms with Gasteiger partial charge in [0, 0.05) is 31.6 Å². The Labute approximate surface area is 102 Å². The van der Waals surface area contributed by atoms with Crippen LogP contribution in [0.3, 0.4) is 0 Å². The lowest BCUT2D eigenvalue weighted by Crippen LogP contribution is -2.29. The maximum Gasteiger partial charge on any atom is 0.120 e. The van der Waals surface area contributed by atoms with E-state index >= 15 is 0 Å². The van der Waals surface area contributed by atoms with Crippen LogP contribution in [0.1, 0.15) is 24.6 Å². The van der Waals surface area contributed by atoms with Crippen molar-refractivity contribution in [2.24, 2.45) is 7.05 Å². The van der Waals surface area contributed by atoms with Crippen LogP contribution in [0.2, 0.25) is 0 Å². The molecular weight excluding hydrogens is 218 g/mol. The molecule has 88 valence electrons. The first-order chi connectivity index (χ1) is 7.71. The van der Waals surface area contributed by atoms with Gasteiger partial charge in [0.15, 0.2) is 0 Å². The minimum atomic E-state index is 0.556. The molecule has 0 bridgehead atoms. The van der Waals surface area contributed by atoms with Crippen molar-refractivity contribution in [3.63, 3.8) is 0 Å². The van der Waals surface area contributed by atoms with Crippen molar-refractivity contribution in [2.75, 3.05) is 12.0 Å². The molecular formula is C12H19N3S. The Morgan fingerprint density at radius 2 is 2.38 bits per heavy atom. The van der Waals surface area contributed by atoms with Crippen LogP contribution in [0.5, 0.6) is 0 Å². The van der Waals surface area contributed by atoms with Gasteiger partial charge in [-0.2, -0.15) is 17.0 Å². The van der Waals surface area contributed by atoms with Crippen LogP contribution in [0.15, 0.2) is 12.3 Å². The molecule has 1 aromatic heterocycles. The monoisotopic (exact) mass is 237 g/mol. The highest BCUT2D eigenvalue weighted by Crippen LogP contribution is 2.07. The first-order valence-corrected chi connectivity index (χ1v) is 6.88. The number of nitrogens with one attached hydrogen (secondary N) is 1. The lowest BCUT2D eigenvalue weighted by molar-refractivity contribution is 0.541. The molecule has 4 heteroatoms. The molecule has 0 radical (unpaired) electrons. The van der Waals surface area contributed by atoms with Gasteiger partial charge in [-0.1, -0.05) is 6.92 Å². The van der Waals surface area contributed by atoms with Gasteiger partial charge in [0.25, 0.3) is 0 Å². The van der Waals surface area contributed by atoms with Crippen molar-refractivity contribution in [3.05, 3.63) is 23.5 Å². The van der Waals surface area contributed by atoms with Crippen LogP contribution in [0.4, 0.5) is 0 Å². The Morgan fingerprint density at radius 3 is 2.88 bits per heavy atom. The van der Waals surface area contributed by atoms with Crippen LogP contribution in [0, 0.1) is 11.3 Å². The van der Waals surface area contributed by atoms with E-state index in [4.69, 9.17) is 5.26 Å². The molecule has 0 aliphatic carbocycles. The molecule has 1 heterocycles. The molecule has 16 heavy (non-hydrogen) atoms. The van der Waals surface area contributed by atoms with Crippen LogP contribution >= 0.6 is 11.8 Å². The fraction of sp³-hybridized carbons (Fsp3) is 0.583. The molecule has 0 spiro atoms. The summed E-state index contributed by atoms with van der Waals surface area (Å²) >= 11 is 1.86. The number of aromatic nitrogens is 1. The molecule has 1 N–H and O–H groups in total. The summed E-state index contributed by atoms with van der Waals surface area (Å²) in [6, 6.07) is 4.67. The second kappa shape index (κ2) is 6.62. The summed E-state index contributed by atoms with van der Waals surface area (Å²) in [7, 11) is 1.90. The minimum absolute atomic E-state index is 0.556.